The zero-order chi connectivity index (χ0) is 69.7. The van der Waals surface area contributed by atoms with Crippen molar-refractivity contribution >= 4 is 58.4 Å². The van der Waals surface area contributed by atoms with Gasteiger partial charge in [-0.1, -0.05) is 43.6 Å². The maximum Gasteiger partial charge on any atom is 0.248 e. The number of hydrogen-bond donors (Lipinski definition) is 15. The SMILES string of the molecule is COC1(C2CCCCC2)CCN(c2ccc(-c3nnc(C4CCC(CN[C@H]5CC[C@@H](O)CNC(=O)[C@@H]6[C@@H](O)[C@@H](C)CN6C(=O)[C@H]([C@H](O)CC(N)=O)NC(=O)[C@H]([C@H](O)Cc6ccc(O)c(OCCNCCO)c6)NC(=O)[C@@H]6C[C@@H](O)CN6C(=O)[C@H]([C@@H](C)O)NC5=O)CC4)s3)cc2)CC1. The number of anilines is 1. The molecule has 0 spiro atoms. The fourth-order valence-electron chi connectivity index (χ4n) is 14.8. The van der Waals surface area contributed by atoms with Crippen molar-refractivity contribution in [1.82, 2.24) is 51.9 Å². The van der Waals surface area contributed by atoms with Crippen LogP contribution in [0.3, 0.4) is 0 Å². The molecule has 5 heterocycles. The van der Waals surface area contributed by atoms with Crippen LogP contribution in [0.1, 0.15) is 127 Å². The van der Waals surface area contributed by atoms with Gasteiger partial charge in [0.1, 0.15) is 46.8 Å². The number of piperidine rings is 1. The number of rotatable bonds is 21. The number of phenolic OH excluding ortho intramolecular Hbond substituents is 1. The Bertz CT molecular complexity index is 3140. The summed E-state index contributed by atoms with van der Waals surface area (Å²) < 4.78 is 12.0. The molecule has 9 rings (SSSR count). The lowest BCUT2D eigenvalue weighted by molar-refractivity contribution is -0.147. The minimum atomic E-state index is -2.13. The van der Waals surface area contributed by atoms with E-state index in [-0.39, 0.29) is 80.2 Å². The molecule has 1 aromatic heterocycles. The number of β-amino-alcohol motifs (C(OH)–C–C–N with tert-alkyl or cyclic N) is 1. The zero-order valence-electron chi connectivity index (χ0n) is 55.6. The van der Waals surface area contributed by atoms with Crippen molar-refractivity contribution < 1.29 is 83.9 Å². The Labute approximate surface area is 569 Å². The molecular weight excluding hydrogens is 1280 g/mol. The number of nitrogens with one attached hydrogen (secondary N) is 6. The molecule has 3 aromatic rings. The number of aliphatic hydroxyl groups is 7. The van der Waals surface area contributed by atoms with Crippen LogP contribution >= 0.6 is 11.3 Å². The molecule has 2 aliphatic carbocycles. The number of aromatic hydroxyl groups is 1. The lowest BCUT2D eigenvalue weighted by atomic mass is 9.72. The number of hydrogen-bond acceptors (Lipinski definition) is 23. The third-order valence-electron chi connectivity index (χ3n) is 20.6. The zero-order valence-corrected chi connectivity index (χ0v) is 56.5. The Morgan fingerprint density at radius 1 is 0.784 bits per heavy atom. The number of amides is 7. The van der Waals surface area contributed by atoms with Crippen molar-refractivity contribution in [2.24, 2.45) is 23.5 Å². The first kappa shape index (κ1) is 74.5. The average Bonchev–Trinajstić information content (AvgIpc) is 1.78. The van der Waals surface area contributed by atoms with Gasteiger partial charge in [0.25, 0.3) is 0 Å². The van der Waals surface area contributed by atoms with E-state index in [0.717, 1.165) is 77.0 Å². The van der Waals surface area contributed by atoms with Gasteiger partial charge in [-0.15, -0.1) is 10.2 Å². The molecule has 30 heteroatoms. The summed E-state index contributed by atoms with van der Waals surface area (Å²) in [6.45, 7) is 4.19. The normalized spacial score (nSPS) is 29.4. The number of methoxy groups -OCH3 is 1. The molecule has 7 amide bonds. The molecule has 4 aliphatic heterocycles. The predicted octanol–water partition coefficient (Wildman–Crippen LogP) is -1.22. The van der Waals surface area contributed by atoms with Crippen LogP contribution in [-0.2, 0) is 44.7 Å². The third-order valence-corrected chi connectivity index (χ3v) is 21.7. The van der Waals surface area contributed by atoms with E-state index in [1.54, 1.807) is 11.3 Å². The van der Waals surface area contributed by atoms with Crippen molar-refractivity contribution in [3.8, 4) is 22.1 Å². The highest BCUT2D eigenvalue weighted by Gasteiger charge is 2.50. The summed E-state index contributed by atoms with van der Waals surface area (Å²) in [5.74, 6) is -7.74. The Hall–Kier alpha value is -6.71. The molecule has 2 aromatic carbocycles. The van der Waals surface area contributed by atoms with Gasteiger partial charge in [0.15, 0.2) is 11.5 Å². The van der Waals surface area contributed by atoms with Crippen LogP contribution in [0.4, 0.5) is 5.69 Å². The second-order valence-corrected chi connectivity index (χ2v) is 28.4. The quantitative estimate of drug-likeness (QED) is 0.0556. The van der Waals surface area contributed by atoms with Gasteiger partial charge >= 0.3 is 0 Å². The molecule has 6 aliphatic rings. The fourth-order valence-corrected chi connectivity index (χ4v) is 15.9. The van der Waals surface area contributed by atoms with Crippen molar-refractivity contribution in [2.45, 2.75) is 201 Å². The highest BCUT2D eigenvalue weighted by atomic mass is 32.1. The van der Waals surface area contributed by atoms with Crippen LogP contribution in [0, 0.1) is 17.8 Å². The summed E-state index contributed by atoms with van der Waals surface area (Å²) >= 11 is 1.58. The molecule has 0 bridgehead atoms. The number of carbonyl (C=O) groups excluding carboxylic acids is 7. The van der Waals surface area contributed by atoms with Gasteiger partial charge in [-0.2, -0.15) is 0 Å². The second kappa shape index (κ2) is 34.4. The monoisotopic (exact) mass is 1380 g/mol. The number of carbonyl (C=O) groups is 7. The Morgan fingerprint density at radius 2 is 1.47 bits per heavy atom. The van der Waals surface area contributed by atoms with Gasteiger partial charge in [0.05, 0.1) is 61.3 Å². The van der Waals surface area contributed by atoms with Crippen LogP contribution < -0.4 is 47.3 Å². The van der Waals surface area contributed by atoms with E-state index in [1.165, 1.54) is 69.8 Å². The van der Waals surface area contributed by atoms with E-state index in [0.29, 0.717) is 12.5 Å². The van der Waals surface area contributed by atoms with Crippen LogP contribution in [-0.4, -0.2) is 253 Å². The molecule has 0 radical (unpaired) electrons. The molecule has 0 unspecified atom stereocenters. The minimum absolute atomic E-state index is 0.0322. The van der Waals surface area contributed by atoms with E-state index in [9.17, 15) is 69.3 Å². The van der Waals surface area contributed by atoms with Gasteiger partial charge < -0.3 is 103 Å². The molecule has 29 nitrogen and oxygen atoms in total. The van der Waals surface area contributed by atoms with Crippen molar-refractivity contribution in [3.63, 3.8) is 0 Å². The first-order chi connectivity index (χ1) is 46.5. The van der Waals surface area contributed by atoms with E-state index in [2.05, 4.69) is 71.3 Å². The van der Waals surface area contributed by atoms with Gasteiger partial charge in [-0.25, -0.2) is 0 Å². The fraction of sp³-hybridized carbons (Fsp3) is 0.687. The number of phenols is 1. The largest absolute Gasteiger partial charge is 0.504 e. The highest BCUT2D eigenvalue weighted by Crippen LogP contribution is 2.43. The number of aromatic nitrogens is 2. The van der Waals surface area contributed by atoms with Gasteiger partial charge in [0.2, 0.25) is 41.4 Å². The standard InChI is InChI=1S/C67H100N12O17S/c1-37-35-79-57(58(37)88)62(92)71-34-45(82)18-19-47(70-33-39-9-12-41(13-10-39)63-75-76-64(97-63)42-14-16-44(17-15-42)77-25-21-67(95-3,22-26-77)43-7-5-4-6-8-43)59(89)72-54(38(2)81)65(93)78-36-46(83)31-48(78)60(90)73-55(61(91)74-56(66(79)94)51(86)32-53(68)87)50(85)29-40-11-20-49(84)52(30-40)96-28-24-69-23-27-80/h11,14-17,20,30,37-39,41,43,45-48,50-51,54-58,69-70,80-86,88H,4-10,12-13,18-19,21-29,31-36H2,1-3H3,(H2,68,87)(H,71,92)(H,72,89)(H,73,90)(H,74,91)/t37-,38+,39?,41?,45+,46+,47-,48-,50+,51+,54-,55-,56-,57-,58-/m0/s1. The summed E-state index contributed by atoms with van der Waals surface area (Å²) in [4.78, 5) is 104. The van der Waals surface area contributed by atoms with E-state index < -0.39 is 152 Å². The number of nitrogens with two attached hydrogens (primary N) is 1. The number of nitrogens with zero attached hydrogens (tertiary/aromatic N) is 5. The summed E-state index contributed by atoms with van der Waals surface area (Å²) in [6, 6.07) is 2.14. The maximum atomic E-state index is 14.8. The summed E-state index contributed by atoms with van der Waals surface area (Å²) in [5.41, 5.74) is 7.83. The molecule has 4 saturated heterocycles. The molecular formula is C67H100N12O17S. The first-order valence-corrected chi connectivity index (χ1v) is 35.2. The lowest BCUT2D eigenvalue weighted by Gasteiger charge is -2.47. The summed E-state index contributed by atoms with van der Waals surface area (Å²) in [5, 5.41) is 116. The van der Waals surface area contributed by atoms with Gasteiger partial charge in [-0.3, -0.25) is 33.6 Å². The first-order valence-electron chi connectivity index (χ1n) is 34.4. The third kappa shape index (κ3) is 18.8. The van der Waals surface area contributed by atoms with Crippen molar-refractivity contribution in [3.05, 3.63) is 53.0 Å². The molecule has 97 heavy (non-hydrogen) atoms. The van der Waals surface area contributed by atoms with Gasteiger partial charge in [0, 0.05) is 88.9 Å². The van der Waals surface area contributed by atoms with Crippen LogP contribution in [0.5, 0.6) is 11.5 Å². The second-order valence-electron chi connectivity index (χ2n) is 27.4. The van der Waals surface area contributed by atoms with Crippen LogP contribution in [0.25, 0.3) is 10.6 Å². The molecule has 16 N–H and O–H groups in total. The summed E-state index contributed by atoms with van der Waals surface area (Å²) in [6.07, 6.45) is -0.422. The molecule has 13 atom stereocenters. The Morgan fingerprint density at radius 3 is 2.15 bits per heavy atom. The smallest absolute Gasteiger partial charge is 0.248 e. The number of aliphatic hydroxyl groups excluding tert-OH is 7. The van der Waals surface area contributed by atoms with Crippen molar-refractivity contribution in [2.75, 3.05) is 77.6 Å². The highest BCUT2D eigenvalue weighted by molar-refractivity contribution is 7.14. The topological polar surface area (TPSA) is 433 Å². The number of ether oxygens (including phenoxy) is 2. The number of fused-ring (bicyclic) bond motifs is 2. The minimum Gasteiger partial charge on any atom is -0.504 e. The van der Waals surface area contributed by atoms with E-state index in [4.69, 9.17) is 20.3 Å². The van der Waals surface area contributed by atoms with Crippen molar-refractivity contribution in [1.29, 1.82) is 0 Å². The maximum absolute atomic E-state index is 14.8. The number of benzene rings is 2. The lowest BCUT2D eigenvalue weighted by Crippen LogP contribution is -2.64. The molecule has 536 valence electrons. The predicted molar refractivity (Wildman–Crippen MR) is 355 cm³/mol. The van der Waals surface area contributed by atoms with E-state index >= 15 is 0 Å². The average molecular weight is 1380 g/mol. The number of primary amides is 1. The molecule has 6 fully saturated rings. The summed E-state index contributed by atoms with van der Waals surface area (Å²) in [7, 11) is 1.88. The molecule has 2 saturated carbocycles. The van der Waals surface area contributed by atoms with Crippen LogP contribution in [0.2, 0.25) is 0 Å². The van der Waals surface area contributed by atoms with Gasteiger partial charge in [-0.05, 0) is 131 Å². The van der Waals surface area contributed by atoms with Crippen LogP contribution in [0.15, 0.2) is 42.5 Å². The Balaban J connectivity index is 0.908. The Kier molecular flexibility index (Phi) is 26.4. The van der Waals surface area contributed by atoms with E-state index in [1.807, 2.05) is 7.11 Å².